The summed E-state index contributed by atoms with van der Waals surface area (Å²) in [7, 11) is 0. The maximum absolute atomic E-state index is 9.31. The average molecular weight is 924 g/mol. The smallest absolute Gasteiger partial charge is 0.259 e. The number of aromatic nitrogens is 1. The minimum absolute atomic E-state index is 0.0264. The zero-order valence-electron chi connectivity index (χ0n) is 46.9. The summed E-state index contributed by atoms with van der Waals surface area (Å²) < 4.78 is 52.6. The molecule has 0 fully saturated rings. The van der Waals surface area contributed by atoms with Crippen LogP contribution in [0.15, 0.2) is 133 Å². The lowest BCUT2D eigenvalue weighted by Gasteiger charge is -2.42. The molecular weight excluding hydrogens is 854 g/mol. The van der Waals surface area contributed by atoms with Gasteiger partial charge in [0.25, 0.3) is 6.71 Å². The van der Waals surface area contributed by atoms with Crippen molar-refractivity contribution < 1.29 is 15.0 Å². The molecule has 3 aliphatic heterocycles. The summed E-state index contributed by atoms with van der Waals surface area (Å²) >= 11 is 0. The number of hydrogen-bond donors (Lipinski definition) is 0. The van der Waals surface area contributed by atoms with Crippen LogP contribution in [0.5, 0.6) is 17.4 Å². The number of fused-ring (bicyclic) bond motifs is 8. The SMILES string of the molecule is [2H]C1([2H])Oc2cc3c(cc2C1([2H])[2H])B1c2c(cc(N(c4ccccc4C)c4ccccc4C)cc2N3c2ccc(C(C)(C)C)cc2)Oc2c1c1ccc(C(C)(C)C)cc1n2-c1ccc2c(c1)C(C)(C)CCC2(C)C. The van der Waals surface area contributed by atoms with Gasteiger partial charge in [0.15, 0.2) is 0 Å². The normalized spacial score (nSPS) is 18.5. The Kier molecular flexibility index (Phi) is 8.84. The van der Waals surface area contributed by atoms with Crippen LogP contribution < -0.4 is 35.7 Å². The molecule has 70 heavy (non-hydrogen) atoms. The molecule has 7 aromatic carbocycles. The Morgan fingerprint density at radius 3 is 1.90 bits per heavy atom. The van der Waals surface area contributed by atoms with Crippen molar-refractivity contribution in [1.82, 2.24) is 4.57 Å². The van der Waals surface area contributed by atoms with Crippen LogP contribution in [0.4, 0.5) is 34.1 Å². The zero-order chi connectivity index (χ0) is 52.4. The molecule has 352 valence electrons. The Bertz CT molecular complexity index is 3610. The first-order chi connectivity index (χ1) is 34.8. The van der Waals surface area contributed by atoms with Crippen molar-refractivity contribution >= 4 is 68.1 Å². The molecule has 0 radical (unpaired) electrons. The lowest BCUT2D eigenvalue weighted by Crippen LogP contribution is -2.59. The molecule has 1 aromatic heterocycles. The first kappa shape index (κ1) is 40.1. The quantitative estimate of drug-likeness (QED) is 0.161. The van der Waals surface area contributed by atoms with E-state index in [9.17, 15) is 2.74 Å². The van der Waals surface area contributed by atoms with Crippen molar-refractivity contribution in [2.24, 2.45) is 0 Å². The first-order valence-electron chi connectivity index (χ1n) is 27.2. The number of hydrogen-bond acceptors (Lipinski definition) is 4. The van der Waals surface area contributed by atoms with Crippen LogP contribution in [0.3, 0.4) is 0 Å². The van der Waals surface area contributed by atoms with E-state index < -0.39 is 19.6 Å². The second-order valence-electron chi connectivity index (χ2n) is 23.7. The molecule has 0 unspecified atom stereocenters. The largest absolute Gasteiger partial charge is 0.493 e. The maximum atomic E-state index is 9.31. The third-order valence-electron chi connectivity index (χ3n) is 16.0. The van der Waals surface area contributed by atoms with Gasteiger partial charge in [-0.15, -0.1) is 0 Å². The molecule has 0 saturated heterocycles. The molecule has 5 nitrogen and oxygen atoms in total. The van der Waals surface area contributed by atoms with Gasteiger partial charge in [0.1, 0.15) is 11.5 Å². The van der Waals surface area contributed by atoms with Crippen LogP contribution in [0.2, 0.25) is 0 Å². The summed E-state index contributed by atoms with van der Waals surface area (Å²) in [6, 6.07) is 48.0. The number of benzene rings is 7. The molecule has 8 aromatic rings. The minimum atomic E-state index is -2.60. The number of ether oxygens (including phenoxy) is 2. The van der Waals surface area contributed by atoms with Gasteiger partial charge in [0.05, 0.1) is 20.5 Å². The first-order valence-corrected chi connectivity index (χ1v) is 25.2. The number of anilines is 6. The second-order valence-corrected chi connectivity index (χ2v) is 23.7. The number of rotatable bonds is 5. The molecule has 6 heteroatoms. The van der Waals surface area contributed by atoms with Crippen LogP contribution in [0.25, 0.3) is 16.6 Å². The number of nitrogens with zero attached hydrogens (tertiary/aromatic N) is 3. The zero-order valence-corrected chi connectivity index (χ0v) is 42.9. The van der Waals surface area contributed by atoms with Crippen LogP contribution in [-0.4, -0.2) is 17.8 Å². The fourth-order valence-electron chi connectivity index (χ4n) is 11.8. The molecule has 12 rings (SSSR count). The molecule has 0 atom stereocenters. The highest BCUT2D eigenvalue weighted by molar-refractivity contribution is 7.00. The summed E-state index contributed by atoms with van der Waals surface area (Å²) in [4.78, 5) is 4.61. The van der Waals surface area contributed by atoms with Crippen LogP contribution >= 0.6 is 0 Å². The monoisotopic (exact) mass is 924 g/mol. The highest BCUT2D eigenvalue weighted by Gasteiger charge is 2.47. The highest BCUT2D eigenvalue weighted by atomic mass is 16.5. The number of aryl methyl sites for hydroxylation is 3. The van der Waals surface area contributed by atoms with Crippen molar-refractivity contribution in [3.05, 3.63) is 172 Å². The highest BCUT2D eigenvalue weighted by Crippen LogP contribution is 2.51. The molecule has 0 spiro atoms. The molecule has 0 amide bonds. The summed E-state index contributed by atoms with van der Waals surface area (Å²) in [5.74, 6) is 1.60. The fraction of sp³-hybridized carbons (Fsp3) is 0.312. The van der Waals surface area contributed by atoms with Crippen LogP contribution in [0.1, 0.15) is 127 Å². The van der Waals surface area contributed by atoms with E-state index in [0.717, 1.165) is 91.1 Å². The Morgan fingerprint density at radius 1 is 0.614 bits per heavy atom. The Balaban J connectivity index is 1.22. The van der Waals surface area contributed by atoms with E-state index in [0.29, 0.717) is 11.6 Å². The predicted octanol–water partition coefficient (Wildman–Crippen LogP) is 15.0. The van der Waals surface area contributed by atoms with E-state index >= 15 is 0 Å². The Labute approximate surface area is 421 Å². The average Bonchev–Trinajstić information content (AvgIpc) is 3.75. The van der Waals surface area contributed by atoms with Gasteiger partial charge in [0, 0.05) is 60.8 Å². The molecule has 4 heterocycles. The molecule has 0 N–H and O–H groups in total. The Hall–Kier alpha value is -6.66. The van der Waals surface area contributed by atoms with Crippen molar-refractivity contribution in [2.45, 2.75) is 124 Å². The van der Waals surface area contributed by atoms with Gasteiger partial charge in [-0.3, -0.25) is 4.57 Å². The van der Waals surface area contributed by atoms with Gasteiger partial charge >= 0.3 is 0 Å². The lowest BCUT2D eigenvalue weighted by molar-refractivity contribution is 0.331. The fourth-order valence-corrected chi connectivity index (χ4v) is 11.8. The predicted molar refractivity (Wildman–Crippen MR) is 295 cm³/mol. The van der Waals surface area contributed by atoms with E-state index in [4.69, 9.17) is 12.2 Å². The molecule has 4 aliphatic rings. The van der Waals surface area contributed by atoms with Crippen molar-refractivity contribution in [2.75, 3.05) is 16.4 Å². The topological polar surface area (TPSA) is 29.9 Å². The summed E-state index contributed by atoms with van der Waals surface area (Å²) in [6.07, 6.45) is -0.238. The van der Waals surface area contributed by atoms with Gasteiger partial charge in [-0.25, -0.2) is 0 Å². The van der Waals surface area contributed by atoms with E-state index in [2.05, 4.69) is 219 Å². The summed E-state index contributed by atoms with van der Waals surface area (Å²) in [5.41, 5.74) is 17.7. The van der Waals surface area contributed by atoms with Crippen LogP contribution in [0, 0.1) is 13.8 Å². The third kappa shape index (κ3) is 6.87. The molecule has 0 saturated carbocycles. The maximum Gasteiger partial charge on any atom is 0.259 e. The molecule has 1 aliphatic carbocycles. The van der Waals surface area contributed by atoms with E-state index in [1.54, 1.807) is 0 Å². The van der Waals surface area contributed by atoms with Crippen molar-refractivity contribution in [3.8, 4) is 23.1 Å². The standard InChI is InChI=1S/C64H66BN3O2/c1-39-17-13-15-19-51(39)67(52-20-16-14-18-40(52)2)46-36-55-59-57(37-46)70-60-58(65(59)50-33-41-29-32-69-56(41)38-54(50)66(55)44-24-21-42(22-25-44)61(3,4)5)47-27-23-43(62(6,7)8)34-53(47)68(60)45-26-28-48-49(35-45)64(11,12)31-30-63(48,9)10/h13-28,33-38H,29-32H2,1-12H3/i29D2,32D2. The Morgan fingerprint density at radius 2 is 1.24 bits per heavy atom. The van der Waals surface area contributed by atoms with Gasteiger partial charge in [-0.2, -0.15) is 0 Å². The van der Waals surface area contributed by atoms with Crippen molar-refractivity contribution in [3.63, 3.8) is 0 Å². The lowest BCUT2D eigenvalue weighted by atomic mass is 9.34. The molecule has 0 bridgehead atoms. The second kappa shape index (κ2) is 15.4. The van der Waals surface area contributed by atoms with Gasteiger partial charge in [-0.1, -0.05) is 142 Å². The van der Waals surface area contributed by atoms with Gasteiger partial charge in [0.2, 0.25) is 5.88 Å². The number of para-hydroxylation sites is 2. The summed E-state index contributed by atoms with van der Waals surface area (Å²) in [6.45, 7) is 24.2. The van der Waals surface area contributed by atoms with Gasteiger partial charge < -0.3 is 19.3 Å². The molecular formula is C64H66BN3O2. The van der Waals surface area contributed by atoms with E-state index in [1.165, 1.54) is 22.3 Å². The van der Waals surface area contributed by atoms with E-state index in [-0.39, 0.29) is 33.0 Å². The van der Waals surface area contributed by atoms with Crippen molar-refractivity contribution in [1.29, 1.82) is 0 Å². The summed E-state index contributed by atoms with van der Waals surface area (Å²) in [5, 5.41) is 1.04. The van der Waals surface area contributed by atoms with E-state index in [1.807, 2.05) is 12.1 Å². The van der Waals surface area contributed by atoms with Gasteiger partial charge in [-0.05, 0) is 152 Å². The minimum Gasteiger partial charge on any atom is -0.493 e. The van der Waals surface area contributed by atoms with Crippen LogP contribution in [-0.2, 0) is 28.0 Å². The third-order valence-corrected chi connectivity index (χ3v) is 16.0.